The minimum Gasteiger partial charge on any atom is -0.545 e. The Kier molecular flexibility index (Phi) is 34.8. The number of rotatable bonds is 38. The van der Waals surface area contributed by atoms with Gasteiger partial charge < -0.3 is 33.3 Å². The lowest BCUT2D eigenvalue weighted by Gasteiger charge is -2.26. The number of ether oxygens (including phenoxy) is 4. The number of allylic oxidation sites excluding steroid dienone is 6. The molecule has 0 heterocycles. The van der Waals surface area contributed by atoms with Crippen molar-refractivity contribution in [2.75, 3.05) is 47.5 Å². The summed E-state index contributed by atoms with van der Waals surface area (Å²) in [6, 6.07) is 0. The largest absolute Gasteiger partial charge is 0.545 e. The van der Waals surface area contributed by atoms with E-state index in [9.17, 15) is 19.5 Å². The van der Waals surface area contributed by atoms with Crippen LogP contribution in [-0.4, -0.2) is 82.3 Å². The predicted molar refractivity (Wildman–Crippen MR) is 214 cm³/mol. The molecule has 53 heavy (non-hydrogen) atoms. The van der Waals surface area contributed by atoms with Gasteiger partial charge in [0.1, 0.15) is 13.2 Å². The number of hydrogen-bond donors (Lipinski definition) is 0. The molecule has 0 aromatic carbocycles. The van der Waals surface area contributed by atoms with Crippen molar-refractivity contribution in [3.8, 4) is 0 Å². The van der Waals surface area contributed by atoms with Crippen LogP contribution in [0.2, 0.25) is 0 Å². The SMILES string of the molecule is CCC/C=C\CCCCCCCC(=O)OCC(COC(OCC[N+](C)(C)C)C(=O)[O-])OC(=O)CCCCCCCCC/C=C\C/C=C\CCCCCC. The molecule has 0 spiro atoms. The number of hydrogen-bond acceptors (Lipinski definition) is 8. The first kappa shape index (κ1) is 50.5. The average Bonchev–Trinajstić information content (AvgIpc) is 3.11. The molecule has 9 heteroatoms. The third-order valence-electron chi connectivity index (χ3n) is 8.84. The van der Waals surface area contributed by atoms with Crippen molar-refractivity contribution >= 4 is 17.9 Å². The normalized spacial score (nSPS) is 13.3. The molecule has 308 valence electrons. The highest BCUT2D eigenvalue weighted by molar-refractivity contribution is 5.70. The Hall–Kier alpha value is -2.49. The summed E-state index contributed by atoms with van der Waals surface area (Å²) >= 11 is 0. The fourth-order valence-corrected chi connectivity index (χ4v) is 5.51. The van der Waals surface area contributed by atoms with Crippen LogP contribution >= 0.6 is 0 Å². The van der Waals surface area contributed by atoms with E-state index in [2.05, 4.69) is 50.3 Å². The smallest absolute Gasteiger partial charge is 0.306 e. The van der Waals surface area contributed by atoms with Gasteiger partial charge in [-0.2, -0.15) is 0 Å². The Morgan fingerprint density at radius 1 is 0.566 bits per heavy atom. The Bertz CT molecular complexity index is 971. The minimum atomic E-state index is -1.62. The molecule has 0 N–H and O–H groups in total. The summed E-state index contributed by atoms with van der Waals surface area (Å²) in [5.74, 6) is -2.31. The highest BCUT2D eigenvalue weighted by Crippen LogP contribution is 2.13. The van der Waals surface area contributed by atoms with Crippen LogP contribution in [0.3, 0.4) is 0 Å². The second-order valence-electron chi connectivity index (χ2n) is 15.3. The van der Waals surface area contributed by atoms with Gasteiger partial charge in [0.2, 0.25) is 0 Å². The number of unbranched alkanes of at least 4 members (excludes halogenated alkanes) is 17. The van der Waals surface area contributed by atoms with Gasteiger partial charge in [-0.05, 0) is 64.2 Å². The molecule has 0 aliphatic carbocycles. The molecule has 0 fully saturated rings. The van der Waals surface area contributed by atoms with Gasteiger partial charge in [-0.3, -0.25) is 9.59 Å². The van der Waals surface area contributed by atoms with Crippen LogP contribution in [0.4, 0.5) is 0 Å². The summed E-state index contributed by atoms with van der Waals surface area (Å²) in [6.45, 7) is 4.62. The molecule has 0 aromatic rings. The van der Waals surface area contributed by atoms with E-state index in [0.717, 1.165) is 77.0 Å². The molecule has 9 nitrogen and oxygen atoms in total. The number of aliphatic carboxylic acids is 1. The van der Waals surface area contributed by atoms with Gasteiger partial charge in [-0.1, -0.05) is 127 Å². The van der Waals surface area contributed by atoms with Crippen LogP contribution in [-0.2, 0) is 33.3 Å². The standard InChI is InChI=1S/C44H79NO8/c1-6-8-10-12-14-16-18-19-20-21-22-23-24-25-27-29-31-33-35-42(47)53-40(39-52-44(43(48)49)50-37-36-45(3,4)5)38-51-41(46)34-32-30-28-26-17-15-13-11-9-7-2/h11,13,16,18,20-21,40,44H,6-10,12,14-15,17,19,22-39H2,1-5H3/b13-11-,18-16-,21-20-. The van der Waals surface area contributed by atoms with Crippen LogP contribution in [0.1, 0.15) is 168 Å². The van der Waals surface area contributed by atoms with Crippen LogP contribution in [0.25, 0.3) is 0 Å². The van der Waals surface area contributed by atoms with Crippen LogP contribution < -0.4 is 5.11 Å². The van der Waals surface area contributed by atoms with Crippen LogP contribution in [0, 0.1) is 0 Å². The van der Waals surface area contributed by atoms with Gasteiger partial charge in [0.05, 0.1) is 40.3 Å². The second kappa shape index (κ2) is 36.5. The maximum absolute atomic E-state index is 12.7. The van der Waals surface area contributed by atoms with E-state index < -0.39 is 24.3 Å². The fourth-order valence-electron chi connectivity index (χ4n) is 5.51. The minimum absolute atomic E-state index is 0.144. The van der Waals surface area contributed by atoms with Crippen molar-refractivity contribution in [3.63, 3.8) is 0 Å². The lowest BCUT2D eigenvalue weighted by molar-refractivity contribution is -0.870. The topological polar surface area (TPSA) is 111 Å². The Labute approximate surface area is 324 Å². The summed E-state index contributed by atoms with van der Waals surface area (Å²) in [6.07, 6.45) is 36.0. The van der Waals surface area contributed by atoms with Gasteiger partial charge in [-0.25, -0.2) is 0 Å². The van der Waals surface area contributed by atoms with Crippen LogP contribution in [0.5, 0.6) is 0 Å². The molecule has 2 unspecified atom stereocenters. The summed E-state index contributed by atoms with van der Waals surface area (Å²) in [5, 5.41) is 11.7. The highest BCUT2D eigenvalue weighted by atomic mass is 16.7. The molecule has 0 aromatic heterocycles. The van der Waals surface area contributed by atoms with Crippen molar-refractivity contribution in [1.82, 2.24) is 0 Å². The molecular weight excluding hydrogens is 670 g/mol. The van der Waals surface area contributed by atoms with E-state index >= 15 is 0 Å². The third-order valence-corrected chi connectivity index (χ3v) is 8.84. The molecule has 0 aliphatic rings. The molecule has 0 radical (unpaired) electrons. The van der Waals surface area contributed by atoms with E-state index in [0.29, 0.717) is 17.4 Å². The number of carbonyl (C=O) groups is 3. The van der Waals surface area contributed by atoms with E-state index in [1.807, 2.05) is 21.1 Å². The molecule has 2 atom stereocenters. The van der Waals surface area contributed by atoms with Gasteiger partial charge in [0, 0.05) is 12.8 Å². The van der Waals surface area contributed by atoms with E-state index in [1.165, 1.54) is 57.8 Å². The van der Waals surface area contributed by atoms with Crippen molar-refractivity contribution in [3.05, 3.63) is 36.5 Å². The first-order valence-corrected chi connectivity index (χ1v) is 21.1. The van der Waals surface area contributed by atoms with E-state index in [4.69, 9.17) is 18.9 Å². The number of carbonyl (C=O) groups excluding carboxylic acids is 3. The van der Waals surface area contributed by atoms with Crippen molar-refractivity contribution < 1.29 is 42.9 Å². The van der Waals surface area contributed by atoms with E-state index in [1.54, 1.807) is 0 Å². The molecule has 0 saturated carbocycles. The molecule has 0 rings (SSSR count). The van der Waals surface area contributed by atoms with Crippen molar-refractivity contribution in [2.24, 2.45) is 0 Å². The zero-order chi connectivity index (χ0) is 39.3. The molecular formula is C44H79NO8. The van der Waals surface area contributed by atoms with Crippen molar-refractivity contribution in [2.45, 2.75) is 180 Å². The average molecular weight is 750 g/mol. The quantitative estimate of drug-likeness (QED) is 0.0202. The molecule has 0 saturated heterocycles. The van der Waals surface area contributed by atoms with Crippen molar-refractivity contribution in [1.29, 1.82) is 0 Å². The molecule has 0 bridgehead atoms. The lowest BCUT2D eigenvalue weighted by Crippen LogP contribution is -2.44. The third kappa shape index (κ3) is 37.6. The maximum Gasteiger partial charge on any atom is 0.306 e. The Morgan fingerprint density at radius 3 is 1.58 bits per heavy atom. The fraction of sp³-hybridized carbons (Fsp3) is 0.795. The zero-order valence-corrected chi connectivity index (χ0v) is 34.6. The Morgan fingerprint density at radius 2 is 1.06 bits per heavy atom. The second-order valence-corrected chi connectivity index (χ2v) is 15.3. The summed E-state index contributed by atoms with van der Waals surface area (Å²) in [4.78, 5) is 36.8. The number of carboxylic acid groups (broad SMARTS) is 1. The molecule has 0 amide bonds. The number of quaternary nitrogens is 1. The molecule has 0 aliphatic heterocycles. The first-order chi connectivity index (χ1) is 25.6. The van der Waals surface area contributed by atoms with E-state index in [-0.39, 0.29) is 38.6 Å². The summed E-state index contributed by atoms with van der Waals surface area (Å²) in [7, 11) is 5.89. The first-order valence-electron chi connectivity index (χ1n) is 21.1. The predicted octanol–water partition coefficient (Wildman–Crippen LogP) is 9.33. The highest BCUT2D eigenvalue weighted by Gasteiger charge is 2.21. The summed E-state index contributed by atoms with van der Waals surface area (Å²) in [5.41, 5.74) is 0. The van der Waals surface area contributed by atoms with Gasteiger partial charge in [0.15, 0.2) is 12.4 Å². The van der Waals surface area contributed by atoms with Crippen LogP contribution in [0.15, 0.2) is 36.5 Å². The number of esters is 2. The van der Waals surface area contributed by atoms with Gasteiger partial charge in [-0.15, -0.1) is 0 Å². The maximum atomic E-state index is 12.7. The summed E-state index contributed by atoms with van der Waals surface area (Å²) < 4.78 is 22.5. The lowest BCUT2D eigenvalue weighted by atomic mass is 10.1. The van der Waals surface area contributed by atoms with Gasteiger partial charge >= 0.3 is 11.9 Å². The number of nitrogens with zero attached hydrogens (tertiary/aromatic N) is 1. The Balaban J connectivity index is 4.46. The number of likely N-dealkylation sites (N-methyl/N-ethyl adjacent to an activating group) is 1. The monoisotopic (exact) mass is 750 g/mol. The van der Waals surface area contributed by atoms with Gasteiger partial charge in [0.25, 0.3) is 0 Å². The number of carboxylic acids is 1. The zero-order valence-electron chi connectivity index (χ0n) is 34.6.